The summed E-state index contributed by atoms with van der Waals surface area (Å²) < 4.78 is 0. The molecular weight excluding hydrogens is 266 g/mol. The lowest BCUT2D eigenvalue weighted by atomic mass is 9.97. The number of allylic oxidation sites excluding steroid dienone is 1. The first-order valence-electron chi connectivity index (χ1n) is 8.01. The quantitative estimate of drug-likeness (QED) is 0.606. The molecule has 0 fully saturated rings. The van der Waals surface area contributed by atoms with Gasteiger partial charge in [0.2, 0.25) is 0 Å². The number of hydrogen-bond acceptors (Lipinski definition) is 1. The fourth-order valence-electron chi connectivity index (χ4n) is 3.39. The Balaban J connectivity index is 1.84. The molecule has 2 aromatic carbocycles. The van der Waals surface area contributed by atoms with Gasteiger partial charge >= 0.3 is 0 Å². The van der Waals surface area contributed by atoms with Crippen molar-refractivity contribution < 1.29 is 0 Å². The molecule has 0 spiro atoms. The Morgan fingerprint density at radius 2 is 1.95 bits per heavy atom. The van der Waals surface area contributed by atoms with Crippen molar-refractivity contribution >= 4 is 17.0 Å². The van der Waals surface area contributed by atoms with Gasteiger partial charge in [0.25, 0.3) is 0 Å². The molecular formula is C21H19N. The van der Waals surface area contributed by atoms with E-state index in [0.717, 1.165) is 11.9 Å². The average Bonchev–Trinajstić information content (AvgIpc) is 2.97. The average molecular weight is 285 g/mol. The van der Waals surface area contributed by atoms with Crippen LogP contribution in [0, 0.1) is 0 Å². The summed E-state index contributed by atoms with van der Waals surface area (Å²) in [5.74, 6) is 0. The van der Waals surface area contributed by atoms with E-state index >= 15 is 0 Å². The van der Waals surface area contributed by atoms with Gasteiger partial charge in [-0.25, -0.2) is 0 Å². The molecule has 0 unspecified atom stereocenters. The summed E-state index contributed by atoms with van der Waals surface area (Å²) in [6, 6.07) is 17.2. The molecule has 4 rings (SSSR count). The zero-order chi connectivity index (χ0) is 14.9. The monoisotopic (exact) mass is 285 g/mol. The van der Waals surface area contributed by atoms with Gasteiger partial charge in [-0.3, -0.25) is 4.98 Å². The first-order chi connectivity index (χ1) is 10.8. The molecule has 22 heavy (non-hydrogen) atoms. The lowest BCUT2D eigenvalue weighted by molar-refractivity contribution is 0.886. The highest BCUT2D eigenvalue weighted by Gasteiger charge is 2.16. The number of aromatic nitrogens is 1. The van der Waals surface area contributed by atoms with Gasteiger partial charge in [0.1, 0.15) is 0 Å². The molecule has 1 aromatic heterocycles. The molecule has 0 saturated carbocycles. The van der Waals surface area contributed by atoms with Crippen LogP contribution in [0.5, 0.6) is 0 Å². The summed E-state index contributed by atoms with van der Waals surface area (Å²) in [6.45, 7) is 2.25. The van der Waals surface area contributed by atoms with Crippen molar-refractivity contribution in [1.29, 1.82) is 0 Å². The Morgan fingerprint density at radius 1 is 1.05 bits per heavy atom. The number of rotatable bonds is 3. The van der Waals surface area contributed by atoms with Crippen LogP contribution in [-0.2, 0) is 6.42 Å². The topological polar surface area (TPSA) is 12.9 Å². The van der Waals surface area contributed by atoms with E-state index < -0.39 is 0 Å². The second-order valence-corrected chi connectivity index (χ2v) is 6.02. The van der Waals surface area contributed by atoms with Crippen molar-refractivity contribution in [3.05, 3.63) is 71.4 Å². The van der Waals surface area contributed by atoms with Gasteiger partial charge in [0.05, 0.1) is 5.52 Å². The van der Waals surface area contributed by atoms with E-state index in [1.807, 2.05) is 12.3 Å². The van der Waals surface area contributed by atoms with Gasteiger partial charge < -0.3 is 0 Å². The normalized spacial score (nSPS) is 13.2. The van der Waals surface area contributed by atoms with E-state index in [0.29, 0.717) is 0 Å². The molecule has 0 atom stereocenters. The third-order valence-electron chi connectivity index (χ3n) is 4.43. The zero-order valence-corrected chi connectivity index (χ0v) is 12.8. The Morgan fingerprint density at radius 3 is 2.86 bits per heavy atom. The van der Waals surface area contributed by atoms with Crippen molar-refractivity contribution in [2.45, 2.75) is 26.2 Å². The van der Waals surface area contributed by atoms with Crippen LogP contribution >= 0.6 is 0 Å². The third-order valence-corrected chi connectivity index (χ3v) is 4.43. The third kappa shape index (κ3) is 2.23. The molecule has 1 nitrogen and oxygen atoms in total. The second-order valence-electron chi connectivity index (χ2n) is 6.02. The molecule has 1 heteroatoms. The van der Waals surface area contributed by atoms with E-state index in [2.05, 4.69) is 60.4 Å². The number of fused-ring (bicyclic) bond motifs is 2. The zero-order valence-electron chi connectivity index (χ0n) is 12.8. The summed E-state index contributed by atoms with van der Waals surface area (Å²) in [7, 11) is 0. The highest BCUT2D eigenvalue weighted by atomic mass is 14.6. The van der Waals surface area contributed by atoms with Crippen molar-refractivity contribution in [1.82, 2.24) is 4.98 Å². The summed E-state index contributed by atoms with van der Waals surface area (Å²) in [4.78, 5) is 4.62. The van der Waals surface area contributed by atoms with Crippen LogP contribution < -0.4 is 0 Å². The first kappa shape index (κ1) is 13.3. The van der Waals surface area contributed by atoms with Gasteiger partial charge in [-0.05, 0) is 41.7 Å². The van der Waals surface area contributed by atoms with E-state index in [1.54, 1.807) is 5.57 Å². The fourth-order valence-corrected chi connectivity index (χ4v) is 3.39. The van der Waals surface area contributed by atoms with Crippen LogP contribution in [0.4, 0.5) is 0 Å². The predicted octanol–water partition coefficient (Wildman–Crippen LogP) is 5.64. The maximum Gasteiger partial charge on any atom is 0.0702 e. The molecule has 108 valence electrons. The number of hydrogen-bond donors (Lipinski definition) is 0. The highest BCUT2D eigenvalue weighted by molar-refractivity contribution is 5.87. The lowest BCUT2D eigenvalue weighted by Crippen LogP contribution is -1.89. The summed E-state index contributed by atoms with van der Waals surface area (Å²) in [5, 5.41) is 1.20. The van der Waals surface area contributed by atoms with Crippen LogP contribution in [0.2, 0.25) is 0 Å². The van der Waals surface area contributed by atoms with Crippen LogP contribution in [0.25, 0.3) is 28.1 Å². The van der Waals surface area contributed by atoms with Crippen LogP contribution in [-0.4, -0.2) is 4.98 Å². The Bertz CT molecular complexity index is 874. The molecule has 1 aliphatic carbocycles. The Hall–Kier alpha value is -2.41. The van der Waals surface area contributed by atoms with Crippen molar-refractivity contribution in [3.8, 4) is 11.1 Å². The van der Waals surface area contributed by atoms with E-state index in [-0.39, 0.29) is 0 Å². The maximum atomic E-state index is 4.62. The predicted molar refractivity (Wildman–Crippen MR) is 93.8 cm³/mol. The Kier molecular flexibility index (Phi) is 3.27. The van der Waals surface area contributed by atoms with Crippen molar-refractivity contribution in [2.24, 2.45) is 0 Å². The van der Waals surface area contributed by atoms with Crippen molar-refractivity contribution in [2.75, 3.05) is 0 Å². The minimum absolute atomic E-state index is 1.06. The summed E-state index contributed by atoms with van der Waals surface area (Å²) in [6.07, 6.45) is 7.92. The van der Waals surface area contributed by atoms with E-state index in [1.165, 1.54) is 40.5 Å². The molecule has 0 bridgehead atoms. The molecule has 0 amide bonds. The summed E-state index contributed by atoms with van der Waals surface area (Å²) >= 11 is 0. The van der Waals surface area contributed by atoms with Crippen LogP contribution in [0.1, 0.15) is 30.9 Å². The van der Waals surface area contributed by atoms with E-state index in [9.17, 15) is 0 Å². The van der Waals surface area contributed by atoms with E-state index in [4.69, 9.17) is 0 Å². The standard InChI is InChI=1S/C21H19N/c1-2-6-15-11-16-8-5-9-19(20(16)12-15)18-13-17-7-3-4-10-21(17)22-14-18/h3-5,7-10,12-14H,2,6,11H2,1H3. The largest absolute Gasteiger partial charge is 0.256 e. The smallest absolute Gasteiger partial charge is 0.0702 e. The summed E-state index contributed by atoms with van der Waals surface area (Å²) in [5.41, 5.74) is 7.98. The highest BCUT2D eigenvalue weighted by Crippen LogP contribution is 2.35. The molecule has 1 aliphatic rings. The van der Waals surface area contributed by atoms with Gasteiger partial charge in [0.15, 0.2) is 0 Å². The van der Waals surface area contributed by atoms with Crippen molar-refractivity contribution in [3.63, 3.8) is 0 Å². The number of benzene rings is 2. The van der Waals surface area contributed by atoms with Crippen LogP contribution in [0.3, 0.4) is 0 Å². The molecule has 1 heterocycles. The second kappa shape index (κ2) is 5.42. The van der Waals surface area contributed by atoms with Gasteiger partial charge in [-0.2, -0.15) is 0 Å². The number of para-hydroxylation sites is 1. The van der Waals surface area contributed by atoms with Gasteiger partial charge in [-0.1, -0.05) is 61.4 Å². The van der Waals surface area contributed by atoms with Gasteiger partial charge in [0, 0.05) is 17.1 Å². The number of pyridine rings is 1. The molecule has 3 aromatic rings. The lowest BCUT2D eigenvalue weighted by Gasteiger charge is -2.08. The molecule has 0 aliphatic heterocycles. The minimum Gasteiger partial charge on any atom is -0.256 e. The number of nitrogens with zero attached hydrogens (tertiary/aromatic N) is 1. The maximum absolute atomic E-state index is 4.62. The molecule has 0 radical (unpaired) electrons. The SMILES string of the molecule is CCCC1=Cc2c(cccc2-c2cnc3ccccc3c2)C1. The molecule has 0 N–H and O–H groups in total. The fraction of sp³-hybridized carbons (Fsp3) is 0.190. The minimum atomic E-state index is 1.06. The van der Waals surface area contributed by atoms with Crippen LogP contribution in [0.15, 0.2) is 60.3 Å². The first-order valence-corrected chi connectivity index (χ1v) is 8.01. The van der Waals surface area contributed by atoms with Gasteiger partial charge in [-0.15, -0.1) is 0 Å². The molecule has 0 saturated heterocycles. The Labute approximate surface area is 131 Å².